The zero-order valence-electron chi connectivity index (χ0n) is 19.8. The number of aromatic nitrogens is 1. The number of nitrogens with zero attached hydrogens (tertiary/aromatic N) is 2. The number of pyridine rings is 1. The molecule has 1 aliphatic heterocycles. The van der Waals surface area contributed by atoms with Crippen LogP contribution >= 0.6 is 11.6 Å². The fourth-order valence-corrected chi connectivity index (χ4v) is 4.43. The number of carbonyl (C=O) groups is 1. The standard InChI is InChI=1S/C29H27ClN4O2/c30-26-7-4-14-31-28(26)22-8-13-25(27(19-22)32-20-21-5-2-1-3-6-21)29(35)33-23-9-11-24(12-10-23)34-15-17-36-18-16-34/h1-14,19,32H,15-18,20H2,(H,33,35). The van der Waals surface area contributed by atoms with E-state index in [1.807, 2.05) is 78.9 Å². The van der Waals surface area contributed by atoms with Gasteiger partial charge in [0.15, 0.2) is 0 Å². The number of benzene rings is 3. The Balaban J connectivity index is 1.38. The molecule has 0 spiro atoms. The fourth-order valence-electron chi connectivity index (χ4n) is 4.20. The number of ether oxygens (including phenoxy) is 1. The summed E-state index contributed by atoms with van der Waals surface area (Å²) in [6.07, 6.45) is 1.71. The Morgan fingerprint density at radius 2 is 1.72 bits per heavy atom. The molecular weight excluding hydrogens is 472 g/mol. The van der Waals surface area contributed by atoms with E-state index in [0.29, 0.717) is 28.5 Å². The number of halogens is 1. The second-order valence-electron chi connectivity index (χ2n) is 8.53. The van der Waals surface area contributed by atoms with Crippen LogP contribution in [0, 0.1) is 0 Å². The molecule has 7 heteroatoms. The molecule has 0 saturated carbocycles. The maximum atomic E-state index is 13.3. The van der Waals surface area contributed by atoms with Crippen molar-refractivity contribution < 1.29 is 9.53 Å². The first-order valence-corrected chi connectivity index (χ1v) is 12.3. The van der Waals surface area contributed by atoms with Gasteiger partial charge in [0.1, 0.15) is 0 Å². The fraction of sp³-hybridized carbons (Fsp3) is 0.172. The number of morpholine rings is 1. The molecule has 2 heterocycles. The van der Waals surface area contributed by atoms with Gasteiger partial charge < -0.3 is 20.3 Å². The molecular formula is C29H27ClN4O2. The van der Waals surface area contributed by atoms with Gasteiger partial charge in [-0.15, -0.1) is 0 Å². The zero-order valence-corrected chi connectivity index (χ0v) is 20.5. The molecule has 2 N–H and O–H groups in total. The van der Waals surface area contributed by atoms with Gasteiger partial charge in [0.2, 0.25) is 0 Å². The summed E-state index contributed by atoms with van der Waals surface area (Å²) in [7, 11) is 0. The lowest BCUT2D eigenvalue weighted by atomic mass is 10.0. The van der Waals surface area contributed by atoms with E-state index in [-0.39, 0.29) is 5.91 Å². The highest BCUT2D eigenvalue weighted by atomic mass is 35.5. The van der Waals surface area contributed by atoms with Crippen LogP contribution in [0.15, 0.2) is 91.1 Å². The van der Waals surface area contributed by atoms with Crippen LogP contribution in [0.4, 0.5) is 17.1 Å². The SMILES string of the molecule is O=C(Nc1ccc(N2CCOCC2)cc1)c1ccc(-c2ncccc2Cl)cc1NCc1ccccc1. The lowest BCUT2D eigenvalue weighted by Crippen LogP contribution is -2.36. The molecule has 1 saturated heterocycles. The minimum absolute atomic E-state index is 0.191. The van der Waals surface area contributed by atoms with E-state index in [9.17, 15) is 4.79 Å². The topological polar surface area (TPSA) is 66.5 Å². The maximum Gasteiger partial charge on any atom is 0.257 e. The molecule has 5 rings (SSSR count). The molecule has 1 aromatic heterocycles. The van der Waals surface area contributed by atoms with Crippen LogP contribution in [0.3, 0.4) is 0 Å². The van der Waals surface area contributed by atoms with Crippen LogP contribution in [-0.4, -0.2) is 37.2 Å². The van der Waals surface area contributed by atoms with Gasteiger partial charge in [-0.2, -0.15) is 0 Å². The highest BCUT2D eigenvalue weighted by Gasteiger charge is 2.16. The number of hydrogen-bond donors (Lipinski definition) is 2. The average Bonchev–Trinajstić information content (AvgIpc) is 2.93. The molecule has 182 valence electrons. The number of carbonyl (C=O) groups excluding carboxylic acids is 1. The molecule has 3 aromatic carbocycles. The van der Waals surface area contributed by atoms with Gasteiger partial charge in [0, 0.05) is 48.5 Å². The zero-order chi connectivity index (χ0) is 24.7. The van der Waals surface area contributed by atoms with Gasteiger partial charge >= 0.3 is 0 Å². The highest BCUT2D eigenvalue weighted by molar-refractivity contribution is 6.33. The Hall–Kier alpha value is -3.87. The first-order valence-electron chi connectivity index (χ1n) is 11.9. The van der Waals surface area contributed by atoms with E-state index < -0.39 is 0 Å². The van der Waals surface area contributed by atoms with Crippen molar-refractivity contribution in [3.05, 3.63) is 107 Å². The molecule has 0 bridgehead atoms. The molecule has 1 fully saturated rings. The Morgan fingerprint density at radius 1 is 0.944 bits per heavy atom. The van der Waals surface area contributed by atoms with Crippen molar-refractivity contribution in [3.63, 3.8) is 0 Å². The molecule has 36 heavy (non-hydrogen) atoms. The number of amides is 1. The number of hydrogen-bond acceptors (Lipinski definition) is 5. The quantitative estimate of drug-likeness (QED) is 0.322. The largest absolute Gasteiger partial charge is 0.380 e. The Morgan fingerprint density at radius 3 is 2.47 bits per heavy atom. The molecule has 6 nitrogen and oxygen atoms in total. The number of rotatable bonds is 7. The molecule has 4 aromatic rings. The Labute approximate surface area is 215 Å². The van der Waals surface area contributed by atoms with Crippen LogP contribution in [0.25, 0.3) is 11.3 Å². The van der Waals surface area contributed by atoms with Crippen molar-refractivity contribution in [3.8, 4) is 11.3 Å². The highest BCUT2D eigenvalue weighted by Crippen LogP contribution is 2.30. The van der Waals surface area contributed by atoms with Gasteiger partial charge in [-0.1, -0.05) is 48.0 Å². The monoisotopic (exact) mass is 498 g/mol. The van der Waals surface area contributed by atoms with E-state index in [0.717, 1.165) is 48.8 Å². The van der Waals surface area contributed by atoms with Gasteiger partial charge in [-0.25, -0.2) is 0 Å². The van der Waals surface area contributed by atoms with Crippen molar-refractivity contribution >= 4 is 34.6 Å². The van der Waals surface area contributed by atoms with Crippen molar-refractivity contribution in [2.75, 3.05) is 41.8 Å². The minimum Gasteiger partial charge on any atom is -0.380 e. The summed E-state index contributed by atoms with van der Waals surface area (Å²) in [5.74, 6) is -0.191. The third kappa shape index (κ3) is 5.67. The molecule has 0 radical (unpaired) electrons. The van der Waals surface area contributed by atoms with Gasteiger partial charge in [0.25, 0.3) is 5.91 Å². The van der Waals surface area contributed by atoms with Gasteiger partial charge in [-0.3, -0.25) is 9.78 Å². The van der Waals surface area contributed by atoms with Crippen LogP contribution in [0.5, 0.6) is 0 Å². The predicted octanol–water partition coefficient (Wildman–Crippen LogP) is 6.10. The number of nitrogens with one attached hydrogen (secondary N) is 2. The Kier molecular flexibility index (Phi) is 7.45. The van der Waals surface area contributed by atoms with Crippen LogP contribution in [0.1, 0.15) is 15.9 Å². The lowest BCUT2D eigenvalue weighted by molar-refractivity contribution is 0.102. The third-order valence-corrected chi connectivity index (χ3v) is 6.43. The van der Waals surface area contributed by atoms with Crippen molar-refractivity contribution in [2.45, 2.75) is 6.54 Å². The second-order valence-corrected chi connectivity index (χ2v) is 8.94. The normalized spacial score (nSPS) is 13.3. The van der Waals surface area contributed by atoms with E-state index in [2.05, 4.69) is 20.5 Å². The summed E-state index contributed by atoms with van der Waals surface area (Å²) in [5.41, 5.74) is 5.74. The molecule has 1 aliphatic rings. The van der Waals surface area contributed by atoms with Crippen LogP contribution in [0.2, 0.25) is 5.02 Å². The van der Waals surface area contributed by atoms with E-state index in [4.69, 9.17) is 16.3 Å². The molecule has 0 atom stereocenters. The van der Waals surface area contributed by atoms with E-state index in [1.165, 1.54) is 0 Å². The maximum absolute atomic E-state index is 13.3. The summed E-state index contributed by atoms with van der Waals surface area (Å²) in [4.78, 5) is 20.0. The van der Waals surface area contributed by atoms with E-state index >= 15 is 0 Å². The summed E-state index contributed by atoms with van der Waals surface area (Å²) < 4.78 is 5.43. The molecule has 0 aliphatic carbocycles. The van der Waals surface area contributed by atoms with Crippen molar-refractivity contribution in [1.82, 2.24) is 4.98 Å². The Bertz CT molecular complexity index is 1320. The summed E-state index contributed by atoms with van der Waals surface area (Å²) >= 11 is 6.39. The summed E-state index contributed by atoms with van der Waals surface area (Å²) in [6.45, 7) is 3.78. The van der Waals surface area contributed by atoms with Crippen molar-refractivity contribution in [1.29, 1.82) is 0 Å². The summed E-state index contributed by atoms with van der Waals surface area (Å²) in [6, 6.07) is 27.2. The number of anilines is 3. The first-order chi connectivity index (χ1) is 17.7. The first kappa shape index (κ1) is 23.9. The molecule has 1 amide bonds. The van der Waals surface area contributed by atoms with Crippen LogP contribution in [-0.2, 0) is 11.3 Å². The smallest absolute Gasteiger partial charge is 0.257 e. The average molecular weight is 499 g/mol. The third-order valence-electron chi connectivity index (χ3n) is 6.12. The van der Waals surface area contributed by atoms with Crippen LogP contribution < -0.4 is 15.5 Å². The summed E-state index contributed by atoms with van der Waals surface area (Å²) in [5, 5.41) is 7.02. The molecule has 0 unspecified atom stereocenters. The van der Waals surface area contributed by atoms with E-state index in [1.54, 1.807) is 12.3 Å². The minimum atomic E-state index is -0.191. The lowest BCUT2D eigenvalue weighted by Gasteiger charge is -2.28. The predicted molar refractivity (Wildman–Crippen MR) is 146 cm³/mol. The van der Waals surface area contributed by atoms with Crippen molar-refractivity contribution in [2.24, 2.45) is 0 Å². The second kappa shape index (κ2) is 11.2. The van der Waals surface area contributed by atoms with Gasteiger partial charge in [0.05, 0.1) is 29.5 Å². The van der Waals surface area contributed by atoms with Gasteiger partial charge in [-0.05, 0) is 54.1 Å².